The van der Waals surface area contributed by atoms with Gasteiger partial charge >= 0.3 is 0 Å². The molecule has 3 aromatic heterocycles. The number of fused-ring (bicyclic) bond motifs is 1. The van der Waals surface area contributed by atoms with Gasteiger partial charge in [-0.25, -0.2) is 4.98 Å². The molecule has 1 aromatic carbocycles. The van der Waals surface area contributed by atoms with Gasteiger partial charge in [0, 0.05) is 16.3 Å². The SMILES string of the molecule is Cc1nnc(NC(=O)c2csc(-c3cc4ccccc4[nH]3)n2)s1. The molecule has 0 unspecified atom stereocenters. The molecule has 0 radical (unpaired) electrons. The highest BCUT2D eigenvalue weighted by Crippen LogP contribution is 2.27. The number of thiazole rings is 1. The third-order valence-corrected chi connectivity index (χ3v) is 4.87. The second kappa shape index (κ2) is 5.56. The van der Waals surface area contributed by atoms with E-state index in [1.165, 1.54) is 22.7 Å². The minimum absolute atomic E-state index is 0.278. The summed E-state index contributed by atoms with van der Waals surface area (Å²) in [6, 6.07) is 10.0. The lowest BCUT2D eigenvalue weighted by Crippen LogP contribution is -2.12. The third-order valence-electron chi connectivity index (χ3n) is 3.24. The molecule has 0 atom stereocenters. The van der Waals surface area contributed by atoms with Crippen LogP contribution in [0.4, 0.5) is 5.13 Å². The molecule has 114 valence electrons. The van der Waals surface area contributed by atoms with Crippen molar-refractivity contribution in [3.05, 3.63) is 46.4 Å². The van der Waals surface area contributed by atoms with Crippen LogP contribution in [0.3, 0.4) is 0 Å². The Labute approximate surface area is 139 Å². The van der Waals surface area contributed by atoms with E-state index in [1.807, 2.05) is 37.3 Å². The molecular weight excluding hydrogens is 330 g/mol. The summed E-state index contributed by atoms with van der Waals surface area (Å²) in [5.74, 6) is -0.278. The summed E-state index contributed by atoms with van der Waals surface area (Å²) in [6.45, 7) is 1.84. The summed E-state index contributed by atoms with van der Waals surface area (Å²) in [7, 11) is 0. The van der Waals surface area contributed by atoms with Gasteiger partial charge in [-0.3, -0.25) is 10.1 Å². The van der Waals surface area contributed by atoms with Gasteiger partial charge in [-0.1, -0.05) is 29.5 Å². The van der Waals surface area contributed by atoms with E-state index in [0.29, 0.717) is 10.8 Å². The van der Waals surface area contributed by atoms with Crippen LogP contribution < -0.4 is 5.32 Å². The number of carbonyl (C=O) groups excluding carboxylic acids is 1. The number of hydrogen-bond donors (Lipinski definition) is 2. The smallest absolute Gasteiger partial charge is 0.276 e. The number of hydrogen-bond acceptors (Lipinski definition) is 6. The maximum Gasteiger partial charge on any atom is 0.276 e. The topological polar surface area (TPSA) is 83.6 Å². The number of anilines is 1. The molecule has 0 spiro atoms. The molecule has 0 fully saturated rings. The van der Waals surface area contributed by atoms with Gasteiger partial charge < -0.3 is 4.98 Å². The third kappa shape index (κ3) is 2.73. The molecule has 1 amide bonds. The Morgan fingerprint density at radius 3 is 2.91 bits per heavy atom. The van der Waals surface area contributed by atoms with E-state index in [4.69, 9.17) is 0 Å². The molecule has 0 aliphatic carbocycles. The van der Waals surface area contributed by atoms with Crippen LogP contribution in [0.15, 0.2) is 35.7 Å². The van der Waals surface area contributed by atoms with Gasteiger partial charge in [-0.15, -0.1) is 21.5 Å². The number of aromatic amines is 1. The molecule has 0 saturated heterocycles. The number of amides is 1. The van der Waals surface area contributed by atoms with Crippen LogP contribution in [0.1, 0.15) is 15.5 Å². The first-order valence-electron chi connectivity index (χ1n) is 6.84. The molecule has 4 aromatic rings. The van der Waals surface area contributed by atoms with Crippen molar-refractivity contribution in [2.24, 2.45) is 0 Å². The Morgan fingerprint density at radius 2 is 2.13 bits per heavy atom. The van der Waals surface area contributed by atoms with Gasteiger partial charge in [0.25, 0.3) is 5.91 Å². The number of aromatic nitrogens is 4. The first kappa shape index (κ1) is 14.0. The predicted octanol–water partition coefficient (Wildman–Crippen LogP) is 3.70. The van der Waals surface area contributed by atoms with Crippen LogP contribution >= 0.6 is 22.7 Å². The molecule has 0 aliphatic heterocycles. The number of para-hydroxylation sites is 1. The Bertz CT molecular complexity index is 967. The summed E-state index contributed by atoms with van der Waals surface area (Å²) in [4.78, 5) is 19.9. The first-order chi connectivity index (χ1) is 11.2. The van der Waals surface area contributed by atoms with E-state index in [0.717, 1.165) is 26.6 Å². The van der Waals surface area contributed by atoms with Crippen molar-refractivity contribution in [3.63, 3.8) is 0 Å². The average Bonchev–Trinajstić information content (AvgIpc) is 3.25. The molecule has 0 saturated carbocycles. The Morgan fingerprint density at radius 1 is 1.26 bits per heavy atom. The van der Waals surface area contributed by atoms with Crippen molar-refractivity contribution >= 4 is 44.6 Å². The number of nitrogens with zero attached hydrogens (tertiary/aromatic N) is 3. The second-order valence-corrected chi connectivity index (χ2v) is 6.93. The summed E-state index contributed by atoms with van der Waals surface area (Å²) < 4.78 is 0. The lowest BCUT2D eigenvalue weighted by Gasteiger charge is -1.96. The highest BCUT2D eigenvalue weighted by molar-refractivity contribution is 7.15. The molecule has 6 nitrogen and oxygen atoms in total. The molecule has 3 heterocycles. The van der Waals surface area contributed by atoms with Crippen molar-refractivity contribution in [2.75, 3.05) is 5.32 Å². The van der Waals surface area contributed by atoms with Crippen molar-refractivity contribution in [1.82, 2.24) is 20.2 Å². The van der Waals surface area contributed by atoms with Crippen molar-refractivity contribution in [2.45, 2.75) is 6.92 Å². The lowest BCUT2D eigenvalue weighted by molar-refractivity contribution is 0.102. The van der Waals surface area contributed by atoms with E-state index < -0.39 is 0 Å². The van der Waals surface area contributed by atoms with E-state index in [9.17, 15) is 4.79 Å². The van der Waals surface area contributed by atoms with E-state index in [-0.39, 0.29) is 5.91 Å². The van der Waals surface area contributed by atoms with Gasteiger partial charge in [0.1, 0.15) is 15.7 Å². The largest absolute Gasteiger partial charge is 0.353 e. The highest BCUT2D eigenvalue weighted by atomic mass is 32.1. The highest BCUT2D eigenvalue weighted by Gasteiger charge is 2.15. The van der Waals surface area contributed by atoms with Crippen LogP contribution in [0.5, 0.6) is 0 Å². The van der Waals surface area contributed by atoms with Crippen LogP contribution in [-0.2, 0) is 0 Å². The molecule has 23 heavy (non-hydrogen) atoms. The zero-order valence-corrected chi connectivity index (χ0v) is 13.7. The summed E-state index contributed by atoms with van der Waals surface area (Å²) in [6.07, 6.45) is 0. The fourth-order valence-corrected chi connectivity index (χ4v) is 3.56. The fraction of sp³-hybridized carbons (Fsp3) is 0.0667. The van der Waals surface area contributed by atoms with Gasteiger partial charge in [0.2, 0.25) is 5.13 Å². The number of benzene rings is 1. The molecule has 4 rings (SSSR count). The normalized spacial score (nSPS) is 11.0. The number of carbonyl (C=O) groups is 1. The Hall–Kier alpha value is -2.58. The molecular formula is C15H11N5OS2. The monoisotopic (exact) mass is 341 g/mol. The molecule has 0 bridgehead atoms. The Kier molecular flexibility index (Phi) is 3.40. The van der Waals surface area contributed by atoms with Crippen molar-refractivity contribution in [3.8, 4) is 10.7 Å². The van der Waals surface area contributed by atoms with E-state index in [2.05, 4.69) is 25.5 Å². The number of H-pyrrole nitrogens is 1. The minimum atomic E-state index is -0.278. The van der Waals surface area contributed by atoms with E-state index in [1.54, 1.807) is 5.38 Å². The molecule has 8 heteroatoms. The standard InChI is InChI=1S/C15H11N5OS2/c1-8-19-20-15(23-8)18-13(21)12-7-22-14(17-12)11-6-9-4-2-3-5-10(9)16-11/h2-7,16H,1H3,(H,18,20,21). The van der Waals surface area contributed by atoms with Gasteiger partial charge in [-0.2, -0.15) is 0 Å². The maximum absolute atomic E-state index is 12.2. The zero-order valence-electron chi connectivity index (χ0n) is 12.0. The van der Waals surface area contributed by atoms with Crippen LogP contribution in [-0.4, -0.2) is 26.1 Å². The summed E-state index contributed by atoms with van der Waals surface area (Å²) >= 11 is 2.76. The maximum atomic E-state index is 12.2. The first-order valence-corrected chi connectivity index (χ1v) is 8.54. The van der Waals surface area contributed by atoms with E-state index >= 15 is 0 Å². The van der Waals surface area contributed by atoms with Crippen molar-refractivity contribution in [1.29, 1.82) is 0 Å². The second-order valence-electron chi connectivity index (χ2n) is 4.89. The number of aryl methyl sites for hydroxylation is 1. The van der Waals surface area contributed by atoms with Gasteiger partial charge in [0.15, 0.2) is 0 Å². The molecule has 2 N–H and O–H groups in total. The Balaban J connectivity index is 1.59. The predicted molar refractivity (Wildman–Crippen MR) is 92.0 cm³/mol. The molecule has 0 aliphatic rings. The fourth-order valence-electron chi connectivity index (χ4n) is 2.20. The van der Waals surface area contributed by atoms with Gasteiger partial charge in [0.05, 0.1) is 5.69 Å². The van der Waals surface area contributed by atoms with Crippen LogP contribution in [0.2, 0.25) is 0 Å². The van der Waals surface area contributed by atoms with Crippen LogP contribution in [0, 0.1) is 6.92 Å². The van der Waals surface area contributed by atoms with Crippen molar-refractivity contribution < 1.29 is 4.79 Å². The number of rotatable bonds is 3. The average molecular weight is 341 g/mol. The number of nitrogens with one attached hydrogen (secondary N) is 2. The summed E-state index contributed by atoms with van der Waals surface area (Å²) in [5.41, 5.74) is 2.33. The summed E-state index contributed by atoms with van der Waals surface area (Å²) in [5, 5.41) is 15.4. The van der Waals surface area contributed by atoms with Gasteiger partial charge in [-0.05, 0) is 19.1 Å². The quantitative estimate of drug-likeness (QED) is 0.595. The zero-order chi connectivity index (χ0) is 15.8. The minimum Gasteiger partial charge on any atom is -0.353 e. The van der Waals surface area contributed by atoms with Crippen LogP contribution in [0.25, 0.3) is 21.6 Å². The lowest BCUT2D eigenvalue weighted by atomic mass is 10.2.